The van der Waals surface area contributed by atoms with Crippen molar-refractivity contribution in [1.82, 2.24) is 0 Å². The van der Waals surface area contributed by atoms with E-state index in [1.165, 1.54) is 0 Å². The van der Waals surface area contributed by atoms with Gasteiger partial charge < -0.3 is 20.4 Å². The number of nitrogens with zero attached hydrogens (tertiary/aromatic N) is 1. The number of nitrogens with one attached hydrogen (secondary N) is 2. The summed E-state index contributed by atoms with van der Waals surface area (Å²) in [7, 11) is 0. The molecule has 1 unspecified atom stereocenters. The molecule has 0 aliphatic carbocycles. The van der Waals surface area contributed by atoms with Crippen molar-refractivity contribution in [2.45, 2.75) is 12.5 Å². The first kappa shape index (κ1) is 15.2. The molecule has 3 rings (SSSR count). The number of carboxylic acid groups (broad SMARTS) is 1. The van der Waals surface area contributed by atoms with Crippen molar-refractivity contribution in [2.75, 3.05) is 28.6 Å². The minimum Gasteiger partial charge on any atom is -0.465 e. The zero-order chi connectivity index (χ0) is 16.2. The molecule has 0 aromatic heterocycles. The molecule has 1 fully saturated rings. The highest BCUT2D eigenvalue weighted by Gasteiger charge is 2.20. The number of benzene rings is 2. The molecule has 6 heteroatoms. The molecule has 2 aromatic rings. The van der Waals surface area contributed by atoms with Gasteiger partial charge >= 0.3 is 6.09 Å². The lowest BCUT2D eigenvalue weighted by molar-refractivity contribution is 0.198. The maximum Gasteiger partial charge on any atom is 0.409 e. The number of para-hydroxylation sites is 2. The molecular formula is C17H19N3O3. The van der Waals surface area contributed by atoms with Crippen LogP contribution in [0.15, 0.2) is 48.5 Å². The molecule has 1 aliphatic rings. The van der Waals surface area contributed by atoms with Gasteiger partial charge in [-0.1, -0.05) is 12.1 Å². The Morgan fingerprint density at radius 2 is 1.78 bits per heavy atom. The van der Waals surface area contributed by atoms with E-state index in [4.69, 9.17) is 5.11 Å². The Hall–Kier alpha value is -2.73. The molecule has 1 saturated heterocycles. The van der Waals surface area contributed by atoms with Crippen LogP contribution in [0.25, 0.3) is 0 Å². The molecule has 120 valence electrons. The number of hydrogen-bond donors (Lipinski definition) is 4. The van der Waals surface area contributed by atoms with Gasteiger partial charge in [0.15, 0.2) is 0 Å². The summed E-state index contributed by atoms with van der Waals surface area (Å²) in [4.78, 5) is 13.0. The summed E-state index contributed by atoms with van der Waals surface area (Å²) in [6, 6.07) is 15.0. The van der Waals surface area contributed by atoms with Crippen molar-refractivity contribution in [3.63, 3.8) is 0 Å². The Labute approximate surface area is 134 Å². The highest BCUT2D eigenvalue weighted by Crippen LogP contribution is 2.27. The lowest BCUT2D eigenvalue weighted by Crippen LogP contribution is -2.20. The summed E-state index contributed by atoms with van der Waals surface area (Å²) in [5, 5.41) is 24.1. The van der Waals surface area contributed by atoms with Crippen LogP contribution in [-0.2, 0) is 0 Å². The SMILES string of the molecule is O=C(O)Nc1ccccc1Nc1ccc(N2CCC(O)C2)cc1. The van der Waals surface area contributed by atoms with Gasteiger partial charge in [0.1, 0.15) is 0 Å². The molecule has 2 aromatic carbocycles. The predicted molar refractivity (Wildman–Crippen MR) is 90.7 cm³/mol. The Morgan fingerprint density at radius 3 is 2.39 bits per heavy atom. The van der Waals surface area contributed by atoms with Crippen molar-refractivity contribution < 1.29 is 15.0 Å². The molecule has 6 nitrogen and oxygen atoms in total. The van der Waals surface area contributed by atoms with Crippen LogP contribution in [0.3, 0.4) is 0 Å². The highest BCUT2D eigenvalue weighted by molar-refractivity contribution is 5.89. The molecule has 4 N–H and O–H groups in total. The molecule has 0 saturated carbocycles. The summed E-state index contributed by atoms with van der Waals surface area (Å²) in [5.41, 5.74) is 3.14. The van der Waals surface area contributed by atoms with Gasteiger partial charge in [-0.3, -0.25) is 5.32 Å². The van der Waals surface area contributed by atoms with Crippen molar-refractivity contribution >= 4 is 28.8 Å². The van der Waals surface area contributed by atoms with E-state index in [2.05, 4.69) is 15.5 Å². The number of hydrogen-bond acceptors (Lipinski definition) is 4. The average molecular weight is 313 g/mol. The Balaban J connectivity index is 1.72. The molecule has 1 aliphatic heterocycles. The Morgan fingerprint density at radius 1 is 1.09 bits per heavy atom. The topological polar surface area (TPSA) is 84.8 Å². The average Bonchev–Trinajstić information content (AvgIpc) is 2.96. The largest absolute Gasteiger partial charge is 0.465 e. The summed E-state index contributed by atoms with van der Waals surface area (Å²) >= 11 is 0. The van der Waals surface area contributed by atoms with Gasteiger partial charge in [-0.25, -0.2) is 4.79 Å². The van der Waals surface area contributed by atoms with Gasteiger partial charge in [0.25, 0.3) is 0 Å². The quantitative estimate of drug-likeness (QED) is 0.697. The van der Waals surface area contributed by atoms with Gasteiger partial charge in [0.2, 0.25) is 0 Å². The van der Waals surface area contributed by atoms with Gasteiger partial charge in [0.05, 0.1) is 17.5 Å². The molecule has 0 radical (unpaired) electrons. The van der Waals surface area contributed by atoms with E-state index in [0.29, 0.717) is 17.9 Å². The maximum atomic E-state index is 10.8. The third-order valence-electron chi connectivity index (χ3n) is 3.84. The number of aliphatic hydroxyl groups is 1. The van der Waals surface area contributed by atoms with Crippen LogP contribution in [0.4, 0.5) is 27.5 Å². The van der Waals surface area contributed by atoms with E-state index in [-0.39, 0.29) is 6.10 Å². The summed E-state index contributed by atoms with van der Waals surface area (Å²) in [6.45, 7) is 1.53. The monoisotopic (exact) mass is 313 g/mol. The molecule has 0 bridgehead atoms. The van der Waals surface area contributed by atoms with E-state index in [9.17, 15) is 9.90 Å². The molecule has 0 spiro atoms. The van der Waals surface area contributed by atoms with Gasteiger partial charge in [0, 0.05) is 24.5 Å². The molecule has 1 heterocycles. The minimum absolute atomic E-state index is 0.248. The number of anilines is 4. The Kier molecular flexibility index (Phi) is 4.34. The Bertz CT molecular complexity index is 688. The standard InChI is InChI=1S/C17H19N3O3/c21-14-9-10-20(11-14)13-7-5-12(6-8-13)18-15-3-1-2-4-16(15)19-17(22)23/h1-8,14,18-19,21H,9-11H2,(H,22,23). The summed E-state index contributed by atoms with van der Waals surface area (Å²) in [5.74, 6) is 0. The van der Waals surface area contributed by atoms with E-state index >= 15 is 0 Å². The second-order valence-corrected chi connectivity index (χ2v) is 5.54. The summed E-state index contributed by atoms with van der Waals surface area (Å²) in [6.07, 6.45) is -0.544. The number of aliphatic hydroxyl groups excluding tert-OH is 1. The predicted octanol–water partition coefficient (Wildman–Crippen LogP) is 3.09. The number of β-amino-alcohol motifs (C(OH)–C–C–N with tert-alkyl or cyclic N) is 1. The third kappa shape index (κ3) is 3.73. The normalized spacial score (nSPS) is 17.1. The molecule has 23 heavy (non-hydrogen) atoms. The van der Waals surface area contributed by atoms with Crippen LogP contribution in [0.5, 0.6) is 0 Å². The second-order valence-electron chi connectivity index (χ2n) is 5.54. The van der Waals surface area contributed by atoms with E-state index < -0.39 is 6.09 Å². The van der Waals surface area contributed by atoms with Crippen LogP contribution >= 0.6 is 0 Å². The van der Waals surface area contributed by atoms with Crippen LogP contribution < -0.4 is 15.5 Å². The fraction of sp³-hybridized carbons (Fsp3) is 0.235. The number of amides is 1. The lowest BCUT2D eigenvalue weighted by atomic mass is 10.2. The minimum atomic E-state index is -1.10. The maximum absolute atomic E-state index is 10.8. The van der Waals surface area contributed by atoms with Crippen LogP contribution in [0, 0.1) is 0 Å². The van der Waals surface area contributed by atoms with Crippen molar-refractivity contribution in [1.29, 1.82) is 0 Å². The third-order valence-corrected chi connectivity index (χ3v) is 3.84. The fourth-order valence-corrected chi connectivity index (χ4v) is 2.70. The van der Waals surface area contributed by atoms with Gasteiger partial charge in [-0.2, -0.15) is 0 Å². The highest BCUT2D eigenvalue weighted by atomic mass is 16.4. The van der Waals surface area contributed by atoms with Gasteiger partial charge in [-0.05, 0) is 42.8 Å². The smallest absolute Gasteiger partial charge is 0.409 e. The number of rotatable bonds is 4. The zero-order valence-electron chi connectivity index (χ0n) is 12.6. The molecule has 1 amide bonds. The van der Waals surface area contributed by atoms with Gasteiger partial charge in [-0.15, -0.1) is 0 Å². The zero-order valence-corrected chi connectivity index (χ0v) is 12.6. The fourth-order valence-electron chi connectivity index (χ4n) is 2.70. The van der Waals surface area contributed by atoms with E-state index in [1.807, 2.05) is 36.4 Å². The summed E-state index contributed by atoms with van der Waals surface area (Å²) < 4.78 is 0. The number of carbonyl (C=O) groups is 1. The van der Waals surface area contributed by atoms with E-state index in [1.54, 1.807) is 12.1 Å². The van der Waals surface area contributed by atoms with Crippen LogP contribution in [0.2, 0.25) is 0 Å². The van der Waals surface area contributed by atoms with Crippen LogP contribution in [0.1, 0.15) is 6.42 Å². The van der Waals surface area contributed by atoms with E-state index in [0.717, 1.165) is 24.3 Å². The first-order chi connectivity index (χ1) is 11.1. The second kappa shape index (κ2) is 6.58. The first-order valence-electron chi connectivity index (χ1n) is 7.51. The molecular weight excluding hydrogens is 294 g/mol. The van der Waals surface area contributed by atoms with Crippen molar-refractivity contribution in [2.24, 2.45) is 0 Å². The van der Waals surface area contributed by atoms with Crippen molar-refractivity contribution in [3.8, 4) is 0 Å². The lowest BCUT2D eigenvalue weighted by Gasteiger charge is -2.18. The molecule has 1 atom stereocenters. The van der Waals surface area contributed by atoms with Crippen molar-refractivity contribution in [3.05, 3.63) is 48.5 Å². The van der Waals surface area contributed by atoms with Crippen LogP contribution in [-0.4, -0.2) is 35.5 Å². The first-order valence-corrected chi connectivity index (χ1v) is 7.51.